The van der Waals surface area contributed by atoms with Crippen molar-refractivity contribution in [2.24, 2.45) is 4.99 Å². The van der Waals surface area contributed by atoms with Crippen molar-refractivity contribution in [2.75, 3.05) is 7.05 Å². The number of aryl methyl sites for hydroxylation is 3. The highest BCUT2D eigenvalue weighted by Crippen LogP contribution is 2.22. The van der Waals surface area contributed by atoms with Crippen molar-refractivity contribution in [2.45, 2.75) is 52.2 Å². The van der Waals surface area contributed by atoms with Crippen molar-refractivity contribution in [1.29, 1.82) is 0 Å². The number of aliphatic imine (C=N–C) groups is 1. The summed E-state index contributed by atoms with van der Waals surface area (Å²) in [6.07, 6.45) is 3.18. The second-order valence-corrected chi connectivity index (χ2v) is 6.13. The molecule has 0 aliphatic carbocycles. The molecule has 1 aromatic carbocycles. The number of benzene rings is 1. The Labute approximate surface area is 143 Å². The monoisotopic (exact) mass is 326 g/mol. The molecule has 2 N–H and O–H groups in total. The third kappa shape index (κ3) is 3.58. The third-order valence-electron chi connectivity index (χ3n) is 4.46. The van der Waals surface area contributed by atoms with Gasteiger partial charge in [0.2, 0.25) is 0 Å². The van der Waals surface area contributed by atoms with Crippen LogP contribution in [0.3, 0.4) is 0 Å². The summed E-state index contributed by atoms with van der Waals surface area (Å²) in [4.78, 5) is 8.94. The van der Waals surface area contributed by atoms with Crippen LogP contribution in [-0.2, 0) is 19.5 Å². The summed E-state index contributed by atoms with van der Waals surface area (Å²) in [6.45, 7) is 5.84. The number of nitrogens with one attached hydrogen (secondary N) is 2. The van der Waals surface area contributed by atoms with Crippen LogP contribution in [-0.4, -0.2) is 27.8 Å². The molecule has 2 heterocycles. The second kappa shape index (κ2) is 7.47. The van der Waals surface area contributed by atoms with E-state index in [-0.39, 0.29) is 6.04 Å². The van der Waals surface area contributed by atoms with Crippen LogP contribution in [0.5, 0.6) is 0 Å². The van der Waals surface area contributed by atoms with Crippen molar-refractivity contribution in [3.63, 3.8) is 0 Å². The maximum atomic E-state index is 4.57. The number of aromatic nitrogens is 3. The molecular weight excluding hydrogens is 300 g/mol. The summed E-state index contributed by atoms with van der Waals surface area (Å²) in [6, 6.07) is 8.68. The van der Waals surface area contributed by atoms with Gasteiger partial charge < -0.3 is 10.6 Å². The highest BCUT2D eigenvalue weighted by molar-refractivity contribution is 5.80. The fourth-order valence-corrected chi connectivity index (χ4v) is 3.22. The maximum absolute atomic E-state index is 4.57. The summed E-state index contributed by atoms with van der Waals surface area (Å²) >= 11 is 0. The zero-order valence-corrected chi connectivity index (χ0v) is 14.7. The van der Waals surface area contributed by atoms with E-state index in [9.17, 15) is 0 Å². The lowest BCUT2D eigenvalue weighted by atomic mass is 10.1. The molecule has 0 spiro atoms. The van der Waals surface area contributed by atoms with Crippen LogP contribution in [0.15, 0.2) is 29.3 Å². The van der Waals surface area contributed by atoms with E-state index >= 15 is 0 Å². The molecule has 3 rings (SSSR count). The van der Waals surface area contributed by atoms with Crippen LogP contribution in [0.4, 0.5) is 0 Å². The number of nitrogens with zero attached hydrogens (tertiary/aromatic N) is 4. The van der Waals surface area contributed by atoms with Gasteiger partial charge in [0.15, 0.2) is 5.96 Å². The van der Waals surface area contributed by atoms with Gasteiger partial charge in [0.1, 0.15) is 11.6 Å². The predicted octanol–water partition coefficient (Wildman–Crippen LogP) is 2.35. The van der Waals surface area contributed by atoms with Crippen LogP contribution in [0.1, 0.15) is 48.6 Å². The molecule has 0 amide bonds. The lowest BCUT2D eigenvalue weighted by Gasteiger charge is -2.25. The smallest absolute Gasteiger partial charge is 0.191 e. The lowest BCUT2D eigenvalue weighted by molar-refractivity contribution is 0.397. The van der Waals surface area contributed by atoms with Crippen LogP contribution in [0, 0.1) is 6.92 Å². The van der Waals surface area contributed by atoms with Gasteiger partial charge in [-0.05, 0) is 37.3 Å². The first kappa shape index (κ1) is 16.5. The first-order valence-electron chi connectivity index (χ1n) is 8.66. The van der Waals surface area contributed by atoms with E-state index in [2.05, 4.69) is 56.9 Å². The van der Waals surface area contributed by atoms with Gasteiger partial charge in [0.05, 0.1) is 6.04 Å². The van der Waals surface area contributed by atoms with Gasteiger partial charge in [-0.2, -0.15) is 5.10 Å². The molecule has 1 aliphatic rings. The maximum Gasteiger partial charge on any atom is 0.191 e. The largest absolute Gasteiger partial charge is 0.352 e. The van der Waals surface area contributed by atoms with Crippen molar-refractivity contribution in [1.82, 2.24) is 25.4 Å². The van der Waals surface area contributed by atoms with Crippen molar-refractivity contribution in [3.8, 4) is 0 Å². The third-order valence-corrected chi connectivity index (χ3v) is 4.46. The van der Waals surface area contributed by atoms with Crippen LogP contribution in [0.25, 0.3) is 0 Å². The second-order valence-electron chi connectivity index (χ2n) is 6.13. The van der Waals surface area contributed by atoms with Gasteiger partial charge in [0, 0.05) is 20.1 Å². The topological polar surface area (TPSA) is 67.1 Å². The van der Waals surface area contributed by atoms with E-state index < -0.39 is 0 Å². The molecular formula is C18H26N6. The number of fused-ring (bicyclic) bond motifs is 1. The first-order valence-corrected chi connectivity index (χ1v) is 8.66. The Hall–Kier alpha value is -2.37. The molecule has 1 aromatic heterocycles. The molecule has 24 heavy (non-hydrogen) atoms. The van der Waals surface area contributed by atoms with E-state index in [1.807, 2.05) is 11.6 Å². The van der Waals surface area contributed by atoms with Crippen LogP contribution < -0.4 is 10.6 Å². The number of hydrogen-bond donors (Lipinski definition) is 2. The summed E-state index contributed by atoms with van der Waals surface area (Å²) in [7, 11) is 1.81. The van der Waals surface area contributed by atoms with Gasteiger partial charge in [-0.3, -0.25) is 4.99 Å². The van der Waals surface area contributed by atoms with E-state index in [0.29, 0.717) is 0 Å². The Balaban J connectivity index is 1.66. The average Bonchev–Trinajstić information content (AvgIpc) is 2.99. The minimum Gasteiger partial charge on any atom is -0.352 e. The standard InChI is InChI=1S/C18H26N6/c1-4-14-8-5-6-9-15(14)12-20-18(19-3)22-16-10-7-11-24-17(16)21-13(2)23-24/h5-6,8-9,16H,4,7,10-12H2,1-3H3,(H2,19,20,22). The molecule has 0 bridgehead atoms. The number of guanidine groups is 1. The van der Waals surface area contributed by atoms with Crippen molar-refractivity contribution >= 4 is 5.96 Å². The summed E-state index contributed by atoms with van der Waals surface area (Å²) in [5, 5.41) is 11.4. The van der Waals surface area contributed by atoms with Crippen LogP contribution in [0.2, 0.25) is 0 Å². The molecule has 0 fully saturated rings. The van der Waals surface area contributed by atoms with Crippen molar-refractivity contribution < 1.29 is 0 Å². The molecule has 1 atom stereocenters. The van der Waals surface area contributed by atoms with Gasteiger partial charge in [0.25, 0.3) is 0 Å². The summed E-state index contributed by atoms with van der Waals surface area (Å²) in [5.74, 6) is 2.65. The first-order chi connectivity index (χ1) is 11.7. The van der Waals surface area contributed by atoms with E-state index in [1.165, 1.54) is 11.1 Å². The van der Waals surface area contributed by atoms with Gasteiger partial charge in [-0.1, -0.05) is 31.2 Å². The predicted molar refractivity (Wildman–Crippen MR) is 95.9 cm³/mol. The van der Waals surface area contributed by atoms with Crippen LogP contribution >= 0.6 is 0 Å². The minimum absolute atomic E-state index is 0.160. The Morgan fingerprint density at radius 2 is 2.12 bits per heavy atom. The normalized spacial score (nSPS) is 17.5. The Morgan fingerprint density at radius 3 is 2.88 bits per heavy atom. The van der Waals surface area contributed by atoms with Gasteiger partial charge in [-0.15, -0.1) is 0 Å². The van der Waals surface area contributed by atoms with E-state index in [0.717, 1.165) is 50.0 Å². The molecule has 6 heteroatoms. The molecule has 0 radical (unpaired) electrons. The van der Waals surface area contributed by atoms with Gasteiger partial charge in [-0.25, -0.2) is 9.67 Å². The van der Waals surface area contributed by atoms with E-state index in [1.54, 1.807) is 7.05 Å². The molecule has 2 aromatic rings. The molecule has 128 valence electrons. The Morgan fingerprint density at radius 1 is 1.33 bits per heavy atom. The number of rotatable bonds is 4. The lowest BCUT2D eigenvalue weighted by Crippen LogP contribution is -2.41. The zero-order valence-electron chi connectivity index (χ0n) is 14.7. The van der Waals surface area contributed by atoms with Gasteiger partial charge >= 0.3 is 0 Å². The molecule has 1 unspecified atom stereocenters. The summed E-state index contributed by atoms with van der Waals surface area (Å²) in [5.41, 5.74) is 2.68. The SMILES string of the molecule is CCc1ccccc1CNC(=NC)NC1CCCn2nc(C)nc21. The fraction of sp³-hybridized carbons (Fsp3) is 0.500. The van der Waals surface area contributed by atoms with Crippen molar-refractivity contribution in [3.05, 3.63) is 47.0 Å². The fourth-order valence-electron chi connectivity index (χ4n) is 3.22. The summed E-state index contributed by atoms with van der Waals surface area (Å²) < 4.78 is 2.01. The molecule has 1 aliphatic heterocycles. The molecule has 0 saturated carbocycles. The molecule has 0 saturated heterocycles. The minimum atomic E-state index is 0.160. The Bertz CT molecular complexity index is 718. The highest BCUT2D eigenvalue weighted by atomic mass is 15.4. The quantitative estimate of drug-likeness (QED) is 0.668. The zero-order chi connectivity index (χ0) is 16.9. The Kier molecular flexibility index (Phi) is 5.13. The molecule has 6 nitrogen and oxygen atoms in total. The average molecular weight is 326 g/mol. The number of hydrogen-bond acceptors (Lipinski definition) is 3. The highest BCUT2D eigenvalue weighted by Gasteiger charge is 2.24. The van der Waals surface area contributed by atoms with E-state index in [4.69, 9.17) is 0 Å².